The smallest absolute Gasteiger partial charge is 0.877 e. The van der Waals surface area contributed by atoms with Gasteiger partial charge in [0, 0.05) is 7.05 Å². The van der Waals surface area contributed by atoms with Gasteiger partial charge in [0.15, 0.2) is 0 Å². The van der Waals surface area contributed by atoms with Crippen molar-refractivity contribution in [3.05, 3.63) is 24.0 Å². The van der Waals surface area contributed by atoms with Crippen LogP contribution in [0.4, 0.5) is 0 Å². The molecule has 0 saturated heterocycles. The van der Waals surface area contributed by atoms with Crippen molar-refractivity contribution in [3.8, 4) is 0 Å². The number of carbonyl (C=O) groups is 1. The van der Waals surface area contributed by atoms with Crippen LogP contribution in [0.5, 0.6) is 0 Å². The Morgan fingerprint density at radius 2 is 2.17 bits per heavy atom. The van der Waals surface area contributed by atoms with Crippen molar-refractivity contribution >= 4 is 23.5 Å². The van der Waals surface area contributed by atoms with E-state index in [0.717, 1.165) is 0 Å². The molecule has 0 saturated carbocycles. The van der Waals surface area contributed by atoms with Crippen LogP contribution in [-0.2, 0) is 4.79 Å². The molecule has 0 atom stereocenters. The third-order valence-corrected chi connectivity index (χ3v) is 1.41. The van der Waals surface area contributed by atoms with Gasteiger partial charge in [0.05, 0.1) is 0 Å². The van der Waals surface area contributed by atoms with Gasteiger partial charge in [0.2, 0.25) is 0 Å². The van der Waals surface area contributed by atoms with Gasteiger partial charge in [-0.2, -0.15) is 0 Å². The molecule has 0 aliphatic rings. The van der Waals surface area contributed by atoms with Crippen molar-refractivity contribution in [1.82, 2.24) is 5.32 Å². The second-order valence-electron chi connectivity index (χ2n) is 1.65. The molecule has 0 amide bonds. The molecule has 1 N–H and O–H groups in total. The van der Waals surface area contributed by atoms with Gasteiger partial charge in [-0.3, -0.25) is 4.79 Å². The van der Waals surface area contributed by atoms with Crippen LogP contribution in [0.25, 0.3) is 0 Å². The summed E-state index contributed by atoms with van der Waals surface area (Å²) in [6, 6.07) is 0. The predicted octanol–water partition coefficient (Wildman–Crippen LogP) is -3.46. The summed E-state index contributed by atoms with van der Waals surface area (Å²) in [5.74, 6) is 0. The van der Waals surface area contributed by atoms with Gasteiger partial charge in [0.1, 0.15) is 11.3 Å². The fraction of sp³-hybridized carbons (Fsp3) is 0.143. The van der Waals surface area contributed by atoms with E-state index in [1.54, 1.807) is 7.05 Å². The first-order valence-corrected chi connectivity index (χ1v) is 3.33. The quantitative estimate of drug-likeness (QED) is 0.131. The topological polar surface area (TPSA) is 52.2 Å². The summed E-state index contributed by atoms with van der Waals surface area (Å²) in [7, 11) is 1.61. The Kier molecular flexibility index (Phi) is 11.9. The third-order valence-electron chi connectivity index (χ3n) is 0.971. The number of allylic oxidation sites excluding steroid dienone is 1. The molecule has 60 valence electrons. The first-order chi connectivity index (χ1) is 5.26. The van der Waals surface area contributed by atoms with E-state index in [2.05, 4.69) is 5.32 Å². The van der Waals surface area contributed by atoms with Crippen molar-refractivity contribution in [3.63, 3.8) is 0 Å². The van der Waals surface area contributed by atoms with Gasteiger partial charge in [-0.05, 0) is 11.6 Å². The predicted molar refractivity (Wildman–Crippen MR) is 44.9 cm³/mol. The van der Waals surface area contributed by atoms with Crippen LogP contribution < -0.4 is 61.8 Å². The number of nitrogens with one attached hydrogen (secondary N) is 1. The zero-order valence-corrected chi connectivity index (χ0v) is 11.0. The Morgan fingerprint density at radius 1 is 1.58 bits per heavy atom. The normalized spacial score (nSPS) is 10.6. The molecule has 0 aromatic rings. The standard InChI is InChI=1S/C7H9NO2S.K/c1-8-7(11)6(5-10)3-2-4-9;/h2-5,10H,1H3,(H,8,11);/q;+1/p-1/b3-2+,6-5-;. The molecular weight excluding hydrogens is 201 g/mol. The Hall–Kier alpha value is 0.476. The van der Waals surface area contributed by atoms with Crippen LogP contribution in [0.15, 0.2) is 24.0 Å². The van der Waals surface area contributed by atoms with Crippen LogP contribution in [0.2, 0.25) is 0 Å². The first kappa shape index (κ1) is 15.0. The summed E-state index contributed by atoms with van der Waals surface area (Å²) in [4.78, 5) is 10.2. The number of likely N-dealkylation sites (N-methyl/N-ethyl adjacent to an activating group) is 1. The first-order valence-electron chi connectivity index (χ1n) is 2.92. The van der Waals surface area contributed by atoms with Gasteiger partial charge in [-0.15, -0.1) is 6.26 Å². The maximum absolute atomic E-state index is 10.3. The molecule has 3 nitrogen and oxygen atoms in total. The van der Waals surface area contributed by atoms with E-state index in [4.69, 9.17) is 12.2 Å². The van der Waals surface area contributed by atoms with Crippen LogP contribution in [0.3, 0.4) is 0 Å². The molecule has 0 radical (unpaired) electrons. The fourth-order valence-corrected chi connectivity index (χ4v) is 0.572. The minimum absolute atomic E-state index is 0. The van der Waals surface area contributed by atoms with Gasteiger partial charge in [0.25, 0.3) is 0 Å². The summed E-state index contributed by atoms with van der Waals surface area (Å²) < 4.78 is 0. The Balaban J connectivity index is 0. The van der Waals surface area contributed by atoms with Crippen LogP contribution in [0.1, 0.15) is 0 Å². The largest absolute Gasteiger partial charge is 1.00 e. The average molecular weight is 209 g/mol. The number of aldehydes is 1. The summed E-state index contributed by atoms with van der Waals surface area (Å²) in [5, 5.41) is 12.9. The van der Waals surface area contributed by atoms with Gasteiger partial charge in [-0.25, -0.2) is 0 Å². The molecule has 0 aromatic carbocycles. The van der Waals surface area contributed by atoms with Crippen molar-refractivity contribution in [2.75, 3.05) is 7.05 Å². The number of rotatable bonds is 3. The SMILES string of the molecule is CNC(=S)C(=C\[O-])/C=C/C=O.[K+]. The number of hydrogen-bond acceptors (Lipinski definition) is 3. The Labute approximate surface area is 119 Å². The van der Waals surface area contributed by atoms with E-state index >= 15 is 0 Å². The van der Waals surface area contributed by atoms with E-state index in [-0.39, 0.29) is 51.4 Å². The second kappa shape index (κ2) is 9.56. The molecular formula is C7H8KNO2S. The van der Waals surface area contributed by atoms with E-state index in [9.17, 15) is 9.90 Å². The molecule has 0 aliphatic heterocycles. The molecule has 0 unspecified atom stereocenters. The molecule has 12 heavy (non-hydrogen) atoms. The zero-order valence-electron chi connectivity index (χ0n) is 7.03. The van der Waals surface area contributed by atoms with E-state index in [1.165, 1.54) is 12.2 Å². The Morgan fingerprint density at radius 3 is 2.50 bits per heavy atom. The Bertz CT molecular complexity index is 213. The molecule has 0 heterocycles. The fourth-order valence-electron chi connectivity index (χ4n) is 0.456. The summed E-state index contributed by atoms with van der Waals surface area (Å²) in [5.41, 5.74) is 0.301. The second-order valence-corrected chi connectivity index (χ2v) is 2.06. The zero-order chi connectivity index (χ0) is 8.69. The molecule has 0 bridgehead atoms. The van der Waals surface area contributed by atoms with Crippen molar-refractivity contribution in [2.24, 2.45) is 0 Å². The molecule has 0 fully saturated rings. The van der Waals surface area contributed by atoms with Gasteiger partial charge >= 0.3 is 51.4 Å². The van der Waals surface area contributed by atoms with Crippen LogP contribution in [0, 0.1) is 0 Å². The summed E-state index contributed by atoms with van der Waals surface area (Å²) in [6.07, 6.45) is 3.76. The van der Waals surface area contributed by atoms with Crippen molar-refractivity contribution < 1.29 is 61.3 Å². The minimum atomic E-state index is 0. The minimum Gasteiger partial charge on any atom is -0.877 e. The monoisotopic (exact) mass is 209 g/mol. The van der Waals surface area contributed by atoms with Crippen LogP contribution >= 0.6 is 12.2 Å². The van der Waals surface area contributed by atoms with E-state index in [0.29, 0.717) is 23.1 Å². The number of hydrogen-bond donors (Lipinski definition) is 1. The summed E-state index contributed by atoms with van der Waals surface area (Å²) >= 11 is 4.74. The molecule has 0 rings (SSSR count). The van der Waals surface area contributed by atoms with Gasteiger partial charge in [-0.1, -0.05) is 18.3 Å². The maximum atomic E-state index is 10.3. The van der Waals surface area contributed by atoms with Crippen molar-refractivity contribution in [2.45, 2.75) is 0 Å². The van der Waals surface area contributed by atoms with E-state index < -0.39 is 0 Å². The molecule has 5 heteroatoms. The van der Waals surface area contributed by atoms with Crippen LogP contribution in [-0.4, -0.2) is 18.3 Å². The molecule has 0 aromatic heterocycles. The molecule has 0 aliphatic carbocycles. The number of thiocarbonyl (C=S) groups is 1. The van der Waals surface area contributed by atoms with Gasteiger partial charge < -0.3 is 10.4 Å². The summed E-state index contributed by atoms with van der Waals surface area (Å²) in [6.45, 7) is 0. The third kappa shape index (κ3) is 6.04. The van der Waals surface area contributed by atoms with Crippen molar-refractivity contribution in [1.29, 1.82) is 0 Å². The average Bonchev–Trinajstić information content (AvgIpc) is 2.05. The molecule has 0 spiro atoms. The number of carbonyl (C=O) groups excluding carboxylic acids is 1. The van der Waals surface area contributed by atoms with E-state index in [1.807, 2.05) is 0 Å². The maximum Gasteiger partial charge on any atom is 1.00 e.